The van der Waals surface area contributed by atoms with Gasteiger partial charge in [-0.3, -0.25) is 14.3 Å². The molecule has 3 heterocycles. The van der Waals surface area contributed by atoms with Gasteiger partial charge in [0.1, 0.15) is 11.4 Å². The van der Waals surface area contributed by atoms with Crippen molar-refractivity contribution in [3.63, 3.8) is 0 Å². The Morgan fingerprint density at radius 2 is 1.66 bits per heavy atom. The molecule has 0 unspecified atom stereocenters. The molecule has 2 aromatic carbocycles. The third-order valence-corrected chi connectivity index (χ3v) is 9.62. The fourth-order valence-electron chi connectivity index (χ4n) is 5.07. The summed E-state index contributed by atoms with van der Waals surface area (Å²) in [6, 6.07) is 17.0. The van der Waals surface area contributed by atoms with Gasteiger partial charge in [-0.25, -0.2) is 13.1 Å². The summed E-state index contributed by atoms with van der Waals surface area (Å²) >= 11 is 0. The number of anilines is 1. The van der Waals surface area contributed by atoms with Crippen molar-refractivity contribution in [1.29, 1.82) is 0 Å². The average Bonchev–Trinajstić information content (AvgIpc) is 3.45. The second-order valence-electron chi connectivity index (χ2n) is 10.3. The number of rotatable bonds is 7. The highest BCUT2D eigenvalue weighted by molar-refractivity contribution is 7.89. The zero-order valence-electron chi connectivity index (χ0n) is 23.5. The van der Waals surface area contributed by atoms with Gasteiger partial charge in [-0.1, -0.05) is 59.3 Å². The highest BCUT2D eigenvalue weighted by Gasteiger charge is 2.36. The fourth-order valence-corrected chi connectivity index (χ4v) is 6.79. The minimum atomic E-state index is -3.91. The maximum Gasteiger partial charge on any atom is 0.295 e. The molecule has 0 radical (unpaired) electrons. The quantitative estimate of drug-likeness (QED) is 0.351. The molecule has 10 nitrogen and oxygen atoms in total. The van der Waals surface area contributed by atoms with E-state index in [4.69, 9.17) is 4.52 Å². The van der Waals surface area contributed by atoms with Crippen molar-refractivity contribution in [3.05, 3.63) is 93.2 Å². The number of hydrogen-bond donors (Lipinski definition) is 1. The smallest absolute Gasteiger partial charge is 0.295 e. The van der Waals surface area contributed by atoms with Gasteiger partial charge in [0, 0.05) is 26.1 Å². The molecule has 1 saturated heterocycles. The molecule has 0 saturated carbocycles. The molecular formula is C30H33N5O5S. The van der Waals surface area contributed by atoms with Crippen molar-refractivity contribution >= 4 is 33.8 Å². The number of nitrogens with one attached hydrogen (secondary N) is 1. The van der Waals surface area contributed by atoms with Crippen molar-refractivity contribution < 1.29 is 17.7 Å². The lowest BCUT2D eigenvalue weighted by Crippen LogP contribution is -2.42. The Balaban J connectivity index is 1.28. The van der Waals surface area contributed by atoms with Crippen LogP contribution in [0.1, 0.15) is 41.1 Å². The molecule has 0 atom stereocenters. The number of amides is 1. The first kappa shape index (κ1) is 28.3. The van der Waals surface area contributed by atoms with E-state index in [9.17, 15) is 18.0 Å². The van der Waals surface area contributed by atoms with Crippen LogP contribution in [0, 0.1) is 26.7 Å². The number of carbonyl (C=O) groups is 1. The van der Waals surface area contributed by atoms with Crippen LogP contribution in [-0.4, -0.2) is 46.2 Å². The van der Waals surface area contributed by atoms with E-state index in [-0.39, 0.29) is 46.6 Å². The van der Waals surface area contributed by atoms with E-state index in [1.54, 1.807) is 37.7 Å². The van der Waals surface area contributed by atoms with E-state index in [0.717, 1.165) is 11.1 Å². The molecule has 1 fully saturated rings. The third kappa shape index (κ3) is 5.55. The molecule has 4 aromatic rings. The number of piperidine rings is 1. The van der Waals surface area contributed by atoms with Crippen LogP contribution in [0.5, 0.6) is 0 Å². The van der Waals surface area contributed by atoms with Crippen molar-refractivity contribution in [3.8, 4) is 5.69 Å². The van der Waals surface area contributed by atoms with Gasteiger partial charge in [0.2, 0.25) is 15.9 Å². The Hall–Kier alpha value is -4.22. The Bertz CT molecular complexity index is 1760. The molecule has 0 aliphatic carbocycles. The number of nitrogens with zero attached hydrogens (tertiary/aromatic N) is 4. The van der Waals surface area contributed by atoms with E-state index in [1.165, 1.54) is 8.99 Å². The summed E-state index contributed by atoms with van der Waals surface area (Å²) in [5.41, 5.74) is 3.54. The van der Waals surface area contributed by atoms with Gasteiger partial charge in [-0.2, -0.15) is 4.31 Å². The van der Waals surface area contributed by atoms with E-state index in [0.29, 0.717) is 24.2 Å². The second-order valence-corrected chi connectivity index (χ2v) is 12.2. The molecule has 0 spiro atoms. The van der Waals surface area contributed by atoms with Gasteiger partial charge in [0.15, 0.2) is 10.7 Å². The lowest BCUT2D eigenvalue weighted by molar-refractivity contribution is -0.120. The topological polar surface area (TPSA) is 119 Å². The predicted octanol–water partition coefficient (Wildman–Crippen LogP) is 4.30. The molecule has 1 N–H and O–H groups in total. The van der Waals surface area contributed by atoms with Gasteiger partial charge < -0.3 is 9.84 Å². The Morgan fingerprint density at radius 1 is 1.00 bits per heavy atom. The zero-order chi connectivity index (χ0) is 29.3. The summed E-state index contributed by atoms with van der Waals surface area (Å²) in [5, 5.41) is 6.73. The molecule has 1 aliphatic heterocycles. The molecule has 1 amide bonds. The largest absolute Gasteiger partial charge is 0.355 e. The van der Waals surface area contributed by atoms with Crippen LogP contribution in [0.4, 0.5) is 5.69 Å². The summed E-state index contributed by atoms with van der Waals surface area (Å²) in [7, 11) is -2.14. The number of aromatic nitrogens is 3. The first-order valence-electron chi connectivity index (χ1n) is 13.4. The molecular weight excluding hydrogens is 542 g/mol. The molecule has 5 rings (SSSR count). The van der Waals surface area contributed by atoms with Gasteiger partial charge in [0.05, 0.1) is 11.4 Å². The van der Waals surface area contributed by atoms with E-state index < -0.39 is 15.9 Å². The maximum absolute atomic E-state index is 13.6. The number of hydrogen-bond acceptors (Lipinski definition) is 6. The molecule has 11 heteroatoms. The number of aryl methyl sites for hydroxylation is 2. The highest BCUT2D eigenvalue weighted by atomic mass is 32.2. The normalized spacial score (nSPS) is 15.0. The van der Waals surface area contributed by atoms with Crippen molar-refractivity contribution in [1.82, 2.24) is 18.8 Å². The van der Waals surface area contributed by atoms with Crippen LogP contribution in [0.2, 0.25) is 0 Å². The monoisotopic (exact) mass is 575 g/mol. The van der Waals surface area contributed by atoms with Crippen LogP contribution < -0.4 is 10.9 Å². The van der Waals surface area contributed by atoms with Crippen LogP contribution in [0.15, 0.2) is 68.8 Å². The van der Waals surface area contributed by atoms with Crippen LogP contribution in [0.3, 0.4) is 0 Å². The average molecular weight is 576 g/mol. The third-order valence-electron chi connectivity index (χ3n) is 7.56. The lowest BCUT2D eigenvalue weighted by Gasteiger charge is -2.30. The number of benzene rings is 2. The minimum Gasteiger partial charge on any atom is -0.355 e. The number of sulfonamides is 1. The van der Waals surface area contributed by atoms with Crippen molar-refractivity contribution in [2.45, 2.75) is 38.5 Å². The van der Waals surface area contributed by atoms with Crippen LogP contribution in [-0.2, 0) is 21.9 Å². The van der Waals surface area contributed by atoms with Gasteiger partial charge >= 0.3 is 0 Å². The molecule has 214 valence electrons. The molecule has 2 aromatic heterocycles. The van der Waals surface area contributed by atoms with E-state index in [2.05, 4.69) is 10.5 Å². The summed E-state index contributed by atoms with van der Waals surface area (Å²) in [6.07, 6.45) is 4.04. The zero-order valence-corrected chi connectivity index (χ0v) is 24.3. The second kappa shape index (κ2) is 11.3. The summed E-state index contributed by atoms with van der Waals surface area (Å²) in [6.45, 7) is 5.69. The lowest BCUT2D eigenvalue weighted by atomic mass is 9.97. The molecule has 1 aliphatic rings. The molecule has 41 heavy (non-hydrogen) atoms. The Morgan fingerprint density at radius 3 is 2.32 bits per heavy atom. The number of para-hydroxylation sites is 1. The van der Waals surface area contributed by atoms with Crippen molar-refractivity contribution in [2.75, 3.05) is 18.4 Å². The summed E-state index contributed by atoms with van der Waals surface area (Å²) < 4.78 is 37.2. The maximum atomic E-state index is 13.6. The predicted molar refractivity (Wildman–Crippen MR) is 157 cm³/mol. The van der Waals surface area contributed by atoms with Crippen LogP contribution in [0.25, 0.3) is 17.8 Å². The molecule has 0 bridgehead atoms. The van der Waals surface area contributed by atoms with Gasteiger partial charge in [0.25, 0.3) is 5.56 Å². The highest BCUT2D eigenvalue weighted by Crippen LogP contribution is 2.30. The summed E-state index contributed by atoms with van der Waals surface area (Å²) in [4.78, 5) is 26.4. The van der Waals surface area contributed by atoms with E-state index in [1.807, 2.05) is 61.5 Å². The first-order chi connectivity index (χ1) is 19.6. The number of carbonyl (C=O) groups excluding carboxylic acids is 1. The Kier molecular flexibility index (Phi) is 7.83. The fraction of sp³-hybridized carbons (Fsp3) is 0.300. The van der Waals surface area contributed by atoms with Crippen molar-refractivity contribution in [2.24, 2.45) is 13.0 Å². The standard InChI is InChI=1S/C30H33N5O5S/c1-20-10-12-23(13-11-20)14-15-26-28(21(2)32-40-26)41(38,39)34-18-16-24(17-19-34)29(36)31-27-22(3)33(4)35(30(27)37)25-8-6-5-7-9-25/h5-15,24H,16-19H2,1-4H3,(H,31,36). The first-order valence-corrected chi connectivity index (χ1v) is 14.9. The van der Waals surface area contributed by atoms with Gasteiger partial charge in [-0.05, 0) is 57.4 Å². The van der Waals surface area contributed by atoms with Gasteiger partial charge in [-0.15, -0.1) is 0 Å². The minimum absolute atomic E-state index is 0.0325. The van der Waals surface area contributed by atoms with E-state index >= 15 is 0 Å². The SMILES string of the molecule is Cc1ccc(C=Cc2onc(C)c2S(=O)(=O)N2CCC(C(=O)Nc3c(C)n(C)n(-c4ccccc4)c3=O)CC2)cc1. The van der Waals surface area contributed by atoms with Crippen LogP contribution >= 0.6 is 0 Å². The Labute approximate surface area is 238 Å². The summed E-state index contributed by atoms with van der Waals surface area (Å²) in [5.74, 6) is -0.566.